The minimum Gasteiger partial charge on any atom is -0.478 e. The lowest BCUT2D eigenvalue weighted by molar-refractivity contribution is -0.131. The Hall–Kier alpha value is -3.82. The van der Waals surface area contributed by atoms with E-state index in [0.29, 0.717) is 12.0 Å². The van der Waals surface area contributed by atoms with Crippen LogP contribution in [0.4, 0.5) is 5.82 Å². The number of aliphatic carboxylic acids is 1. The Morgan fingerprint density at radius 1 is 0.818 bits per heavy atom. The van der Waals surface area contributed by atoms with E-state index in [0.717, 1.165) is 37.9 Å². The van der Waals surface area contributed by atoms with Gasteiger partial charge in [-0.25, -0.2) is 9.79 Å². The van der Waals surface area contributed by atoms with Crippen LogP contribution in [0.1, 0.15) is 88.5 Å². The normalized spacial score (nSPS) is 13.8. The molecule has 44 heavy (non-hydrogen) atoms. The highest BCUT2D eigenvalue weighted by atomic mass is 16.4. The number of hydrogen-bond acceptors (Lipinski definition) is 5. The summed E-state index contributed by atoms with van der Waals surface area (Å²) >= 11 is 0. The molecular weight excluding hydrogens is 554 g/mol. The van der Waals surface area contributed by atoms with E-state index in [2.05, 4.69) is 57.8 Å². The Bertz CT molecular complexity index is 1300. The Morgan fingerprint density at radius 2 is 1.52 bits per heavy atom. The molecule has 3 unspecified atom stereocenters. The van der Waals surface area contributed by atoms with Gasteiger partial charge < -0.3 is 37.1 Å². The maximum absolute atomic E-state index is 12.0. The zero-order valence-corrected chi connectivity index (χ0v) is 25.8. The highest BCUT2D eigenvalue weighted by Crippen LogP contribution is 2.33. The molecule has 0 spiro atoms. The molecule has 2 aromatic carbocycles. The van der Waals surface area contributed by atoms with Crippen molar-refractivity contribution in [3.8, 4) is 0 Å². The zero-order chi connectivity index (χ0) is 31.6. The Morgan fingerprint density at radius 3 is 2.16 bits per heavy atom. The number of nitrogens with zero attached hydrogens (tertiary/aromatic N) is 1. The third-order valence-corrected chi connectivity index (χ3v) is 8.22. The van der Waals surface area contributed by atoms with Gasteiger partial charge in [-0.3, -0.25) is 0 Å². The number of unbranched alkanes of at least 4 members (excludes halogenated alkanes) is 7. The first kappa shape index (κ1) is 34.7. The maximum atomic E-state index is 12.0. The number of aromatic nitrogens is 1. The van der Waals surface area contributed by atoms with E-state index in [1.165, 1.54) is 54.5 Å². The summed E-state index contributed by atoms with van der Waals surface area (Å²) in [6.45, 7) is 0.0935. The molecule has 0 aliphatic rings. The minimum atomic E-state index is -1.09. The van der Waals surface area contributed by atoms with Crippen molar-refractivity contribution in [3.05, 3.63) is 78.0 Å². The second-order valence-corrected chi connectivity index (χ2v) is 11.6. The standard InChI is InChI=1S/C35H51N5O4/c36-35(37)40-32(20-23-42)30(25-34(43)44)31(39-33-15-11-21-38-33)19-18-27(12-7-5-3-1-2-4-6-10-22-41)29-17-16-26-13-8-9-14-28(26)24-29/h8-9,11,13-17,21,24-25,27,31-32,38-39,41-42H,1-7,10,12,18-20,22-23H2,(H,43,44)(H4,36,37,40). The number of benzene rings is 2. The van der Waals surface area contributed by atoms with Gasteiger partial charge in [0.25, 0.3) is 0 Å². The van der Waals surface area contributed by atoms with Crippen LogP contribution < -0.4 is 16.8 Å². The van der Waals surface area contributed by atoms with E-state index >= 15 is 0 Å². The number of hydrogen-bond donors (Lipinski definition) is 7. The monoisotopic (exact) mass is 605 g/mol. The van der Waals surface area contributed by atoms with Crippen molar-refractivity contribution >= 4 is 28.5 Å². The molecule has 9 nitrogen and oxygen atoms in total. The third-order valence-electron chi connectivity index (χ3n) is 8.22. The summed E-state index contributed by atoms with van der Waals surface area (Å²) in [5.74, 6) is -0.196. The molecule has 9 heteroatoms. The van der Waals surface area contributed by atoms with Crippen molar-refractivity contribution in [1.29, 1.82) is 0 Å². The van der Waals surface area contributed by atoms with E-state index < -0.39 is 12.0 Å². The molecule has 0 saturated heterocycles. The first-order valence-corrected chi connectivity index (χ1v) is 16.0. The fraction of sp³-hybridized carbons (Fsp3) is 0.486. The van der Waals surface area contributed by atoms with Gasteiger partial charge in [-0.15, -0.1) is 0 Å². The van der Waals surface area contributed by atoms with Gasteiger partial charge in [-0.2, -0.15) is 0 Å². The summed E-state index contributed by atoms with van der Waals surface area (Å²) in [5.41, 5.74) is 13.3. The summed E-state index contributed by atoms with van der Waals surface area (Å²) in [6.07, 6.45) is 14.8. The van der Waals surface area contributed by atoms with E-state index in [4.69, 9.17) is 16.6 Å². The number of anilines is 1. The molecule has 0 aliphatic heterocycles. The number of aliphatic hydroxyl groups excluding tert-OH is 2. The number of aromatic amines is 1. The smallest absolute Gasteiger partial charge is 0.328 e. The van der Waals surface area contributed by atoms with Crippen molar-refractivity contribution in [2.45, 2.75) is 95.1 Å². The van der Waals surface area contributed by atoms with Crippen molar-refractivity contribution in [3.63, 3.8) is 0 Å². The minimum absolute atomic E-state index is 0.152. The van der Waals surface area contributed by atoms with Gasteiger partial charge in [0.15, 0.2) is 5.96 Å². The number of aliphatic hydroxyl groups is 2. The van der Waals surface area contributed by atoms with E-state index in [-0.39, 0.29) is 37.6 Å². The number of H-pyrrole nitrogens is 1. The molecule has 1 heterocycles. The van der Waals surface area contributed by atoms with E-state index in [1.54, 1.807) is 0 Å². The second-order valence-electron chi connectivity index (χ2n) is 11.6. The molecule has 0 fully saturated rings. The predicted octanol–water partition coefficient (Wildman–Crippen LogP) is 6.05. The number of fused-ring (bicyclic) bond motifs is 1. The number of nitrogens with one attached hydrogen (secondary N) is 2. The summed E-state index contributed by atoms with van der Waals surface area (Å²) < 4.78 is 0. The van der Waals surface area contributed by atoms with Crippen molar-refractivity contribution in [2.24, 2.45) is 16.5 Å². The molecule has 0 aliphatic carbocycles. The van der Waals surface area contributed by atoms with E-state index in [9.17, 15) is 15.0 Å². The Labute approximate surface area is 261 Å². The average molecular weight is 606 g/mol. The second kappa shape index (κ2) is 19.5. The van der Waals surface area contributed by atoms with Gasteiger partial charge in [0.2, 0.25) is 0 Å². The molecule has 0 radical (unpaired) electrons. The Kier molecular flexibility index (Phi) is 15.3. The highest BCUT2D eigenvalue weighted by Gasteiger charge is 2.26. The van der Waals surface area contributed by atoms with Gasteiger partial charge in [0.1, 0.15) is 5.82 Å². The number of nitrogens with two attached hydrogens (primary N) is 2. The topological polar surface area (TPSA) is 170 Å². The summed E-state index contributed by atoms with van der Waals surface area (Å²) in [5, 5.41) is 34.5. The highest BCUT2D eigenvalue weighted by molar-refractivity contribution is 5.83. The van der Waals surface area contributed by atoms with Crippen LogP contribution in [-0.2, 0) is 4.79 Å². The van der Waals surface area contributed by atoms with Gasteiger partial charge in [-0.05, 0) is 72.1 Å². The fourth-order valence-corrected chi connectivity index (χ4v) is 5.98. The molecule has 1 aromatic heterocycles. The fourth-order valence-electron chi connectivity index (χ4n) is 5.98. The molecule has 9 N–H and O–H groups in total. The van der Waals surface area contributed by atoms with Crippen LogP contribution in [0.5, 0.6) is 0 Å². The lowest BCUT2D eigenvalue weighted by Crippen LogP contribution is -2.33. The molecule has 0 amide bonds. The first-order valence-electron chi connectivity index (χ1n) is 16.0. The zero-order valence-electron chi connectivity index (χ0n) is 25.8. The van der Waals surface area contributed by atoms with Crippen LogP contribution in [0.15, 0.2) is 77.4 Å². The SMILES string of the molecule is NC(N)=NC(CCO)C(=CC(=O)O)C(CCC(CCCCCCCCCCO)c1ccc2ccccc2c1)Nc1ccc[nH]1. The maximum Gasteiger partial charge on any atom is 0.328 e. The van der Waals surface area contributed by atoms with Crippen LogP contribution in [0.3, 0.4) is 0 Å². The summed E-state index contributed by atoms with van der Waals surface area (Å²) in [7, 11) is 0. The molecule has 0 bridgehead atoms. The summed E-state index contributed by atoms with van der Waals surface area (Å²) in [4.78, 5) is 19.5. The van der Waals surface area contributed by atoms with E-state index in [1.807, 2.05) is 18.3 Å². The quantitative estimate of drug-likeness (QED) is 0.0316. The van der Waals surface area contributed by atoms with Crippen molar-refractivity contribution in [1.82, 2.24) is 4.98 Å². The van der Waals surface area contributed by atoms with Gasteiger partial charge in [0.05, 0.1) is 12.1 Å². The average Bonchev–Trinajstić information content (AvgIpc) is 3.52. The molecular formula is C35H51N5O4. The molecule has 0 saturated carbocycles. The first-order chi connectivity index (χ1) is 21.4. The number of aliphatic imine (C=N–C) groups is 1. The summed E-state index contributed by atoms with van der Waals surface area (Å²) in [6, 6.07) is 17.8. The molecule has 3 aromatic rings. The number of guanidine groups is 1. The molecule has 240 valence electrons. The molecule has 3 rings (SSSR count). The number of carboxylic acids is 1. The van der Waals surface area contributed by atoms with Crippen molar-refractivity contribution < 1.29 is 20.1 Å². The number of carboxylic acid groups (broad SMARTS) is 1. The number of carbonyl (C=O) groups is 1. The van der Waals surface area contributed by atoms with Crippen LogP contribution >= 0.6 is 0 Å². The van der Waals surface area contributed by atoms with Crippen LogP contribution in [-0.4, -0.2) is 57.5 Å². The van der Waals surface area contributed by atoms with Crippen molar-refractivity contribution in [2.75, 3.05) is 18.5 Å². The van der Waals surface area contributed by atoms with Gasteiger partial charge >= 0.3 is 5.97 Å². The van der Waals surface area contributed by atoms with Crippen LogP contribution in [0, 0.1) is 0 Å². The van der Waals surface area contributed by atoms with Crippen LogP contribution in [0.2, 0.25) is 0 Å². The van der Waals surface area contributed by atoms with Crippen LogP contribution in [0.25, 0.3) is 10.8 Å². The lowest BCUT2D eigenvalue weighted by atomic mass is 9.84. The molecule has 3 atom stereocenters. The largest absolute Gasteiger partial charge is 0.478 e. The predicted molar refractivity (Wildman–Crippen MR) is 180 cm³/mol. The van der Waals surface area contributed by atoms with Gasteiger partial charge in [0, 0.05) is 25.5 Å². The Balaban J connectivity index is 1.82. The number of rotatable bonds is 22. The lowest BCUT2D eigenvalue weighted by Gasteiger charge is -2.28. The van der Waals surface area contributed by atoms with Gasteiger partial charge in [-0.1, -0.05) is 87.4 Å². The third kappa shape index (κ3) is 12.1.